The molecule has 0 aliphatic carbocycles. The number of carbonyl (C=O) groups is 2. The number of halogens is 1. The van der Waals surface area contributed by atoms with Crippen LogP contribution in [0.3, 0.4) is 0 Å². The number of hydrogen-bond acceptors (Lipinski definition) is 7. The fraction of sp³-hybridized carbons (Fsp3) is 0.571. The van der Waals surface area contributed by atoms with Gasteiger partial charge in [0.25, 0.3) is 0 Å². The van der Waals surface area contributed by atoms with Gasteiger partial charge in [0.15, 0.2) is 6.23 Å². The summed E-state index contributed by atoms with van der Waals surface area (Å²) in [6.45, 7) is 3.29. The van der Waals surface area contributed by atoms with Gasteiger partial charge < -0.3 is 15.2 Å². The molecule has 1 amide bonds. The van der Waals surface area contributed by atoms with Crippen LogP contribution in [0.25, 0.3) is 0 Å². The van der Waals surface area contributed by atoms with Crippen LogP contribution in [0.5, 0.6) is 0 Å². The fourth-order valence-electron chi connectivity index (χ4n) is 2.95. The van der Waals surface area contributed by atoms with E-state index < -0.39 is 18.3 Å². The van der Waals surface area contributed by atoms with Crippen LogP contribution in [0.2, 0.25) is 5.15 Å². The van der Waals surface area contributed by atoms with Gasteiger partial charge in [-0.3, -0.25) is 14.5 Å². The van der Waals surface area contributed by atoms with E-state index in [1.165, 1.54) is 11.8 Å². The Kier molecular flexibility index (Phi) is 4.11. The highest BCUT2D eigenvalue weighted by Gasteiger charge is 2.47. The number of esters is 1. The first-order valence-corrected chi connectivity index (χ1v) is 7.75. The van der Waals surface area contributed by atoms with Crippen molar-refractivity contribution in [2.75, 3.05) is 10.6 Å². The van der Waals surface area contributed by atoms with Gasteiger partial charge in [-0.15, -0.1) is 0 Å². The minimum Gasteiger partial charge on any atom is -0.458 e. The maximum atomic E-state index is 12.4. The molecule has 0 aromatic carbocycles. The molecule has 2 aliphatic heterocycles. The quantitative estimate of drug-likeness (QED) is 0.647. The van der Waals surface area contributed by atoms with Crippen molar-refractivity contribution in [3.63, 3.8) is 0 Å². The van der Waals surface area contributed by atoms with Gasteiger partial charge in [0, 0.05) is 18.9 Å². The van der Waals surface area contributed by atoms with E-state index in [4.69, 9.17) is 26.8 Å². The molecule has 0 spiro atoms. The number of nitrogen functional groups attached to an aromatic ring is 1. The van der Waals surface area contributed by atoms with Gasteiger partial charge in [0.1, 0.15) is 17.1 Å². The zero-order valence-electron chi connectivity index (χ0n) is 12.8. The molecule has 23 heavy (non-hydrogen) atoms. The van der Waals surface area contributed by atoms with Crippen molar-refractivity contribution in [1.82, 2.24) is 9.97 Å². The summed E-state index contributed by atoms with van der Waals surface area (Å²) in [5.41, 5.74) is 6.15. The molecule has 2 N–H and O–H groups in total. The van der Waals surface area contributed by atoms with Crippen LogP contribution in [0.4, 0.5) is 11.8 Å². The fourth-order valence-corrected chi connectivity index (χ4v) is 3.19. The van der Waals surface area contributed by atoms with Crippen molar-refractivity contribution in [1.29, 1.82) is 0 Å². The molecule has 0 bridgehead atoms. The Bertz CT molecular complexity index is 668. The third-order valence-corrected chi connectivity index (χ3v) is 4.26. The molecule has 1 saturated heterocycles. The van der Waals surface area contributed by atoms with Gasteiger partial charge >= 0.3 is 5.97 Å². The van der Waals surface area contributed by atoms with Crippen molar-refractivity contribution < 1.29 is 19.1 Å². The van der Waals surface area contributed by atoms with Crippen molar-refractivity contribution in [2.45, 2.75) is 51.5 Å². The second-order valence-electron chi connectivity index (χ2n) is 5.56. The third kappa shape index (κ3) is 2.84. The molecular weight excluding hydrogens is 324 g/mol. The Hall–Kier alpha value is -1.93. The molecule has 9 heteroatoms. The molecule has 124 valence electrons. The molecule has 0 saturated carbocycles. The summed E-state index contributed by atoms with van der Waals surface area (Å²) in [6, 6.07) is 0. The van der Waals surface area contributed by atoms with Crippen LogP contribution in [0, 0.1) is 0 Å². The number of aromatic nitrogens is 2. The Morgan fingerprint density at radius 3 is 2.91 bits per heavy atom. The molecule has 3 heterocycles. The molecule has 1 aromatic rings. The Morgan fingerprint density at radius 1 is 1.52 bits per heavy atom. The van der Waals surface area contributed by atoms with Crippen molar-refractivity contribution >= 4 is 35.2 Å². The van der Waals surface area contributed by atoms with E-state index in [-0.39, 0.29) is 29.5 Å². The number of ether oxygens (including phenoxy) is 2. The summed E-state index contributed by atoms with van der Waals surface area (Å²) in [5.74, 6) is -0.359. The van der Waals surface area contributed by atoms with E-state index in [1.54, 1.807) is 0 Å². The first-order chi connectivity index (χ1) is 10.9. The SMILES string of the molecule is CC[C@@H]1C[C@@H](OC(C)=O)[C@H](N2C(=O)Cc3c(Cl)nc(N)nc32)O1. The average molecular weight is 341 g/mol. The van der Waals surface area contributed by atoms with Gasteiger partial charge in [0.05, 0.1) is 12.5 Å². The Balaban J connectivity index is 1.97. The van der Waals surface area contributed by atoms with Crippen molar-refractivity contribution in [3.05, 3.63) is 10.7 Å². The molecule has 0 radical (unpaired) electrons. The van der Waals surface area contributed by atoms with Crippen LogP contribution in [-0.4, -0.2) is 40.3 Å². The number of anilines is 2. The van der Waals surface area contributed by atoms with E-state index in [2.05, 4.69) is 9.97 Å². The number of fused-ring (bicyclic) bond motifs is 1. The van der Waals surface area contributed by atoms with E-state index in [9.17, 15) is 9.59 Å². The Morgan fingerprint density at radius 2 is 2.26 bits per heavy atom. The van der Waals surface area contributed by atoms with Crippen molar-refractivity contribution in [2.24, 2.45) is 0 Å². The van der Waals surface area contributed by atoms with E-state index in [0.717, 1.165) is 6.42 Å². The molecule has 8 nitrogen and oxygen atoms in total. The maximum absolute atomic E-state index is 12.4. The predicted molar refractivity (Wildman–Crippen MR) is 81.8 cm³/mol. The topological polar surface area (TPSA) is 108 Å². The number of nitrogens with two attached hydrogens (primary N) is 1. The van der Waals surface area contributed by atoms with Crippen LogP contribution in [0.1, 0.15) is 32.3 Å². The van der Waals surface area contributed by atoms with Gasteiger partial charge in [0.2, 0.25) is 11.9 Å². The summed E-state index contributed by atoms with van der Waals surface area (Å²) in [4.78, 5) is 33.2. The molecule has 2 aliphatic rings. The monoisotopic (exact) mass is 340 g/mol. The number of carbonyl (C=O) groups excluding carboxylic acids is 2. The highest BCUT2D eigenvalue weighted by Crippen LogP contribution is 2.38. The zero-order chi connectivity index (χ0) is 16.7. The summed E-state index contributed by atoms with van der Waals surface area (Å²) >= 11 is 6.05. The molecule has 3 atom stereocenters. The Labute approximate surface area is 137 Å². The number of nitrogens with zero attached hydrogens (tertiary/aromatic N) is 3. The van der Waals surface area contributed by atoms with E-state index in [1.807, 2.05) is 6.92 Å². The van der Waals surface area contributed by atoms with Gasteiger partial charge in [-0.05, 0) is 6.42 Å². The lowest BCUT2D eigenvalue weighted by molar-refractivity contribution is -0.150. The van der Waals surface area contributed by atoms with Crippen molar-refractivity contribution in [3.8, 4) is 0 Å². The zero-order valence-corrected chi connectivity index (χ0v) is 13.5. The second-order valence-corrected chi connectivity index (χ2v) is 5.91. The first kappa shape index (κ1) is 15.9. The highest BCUT2D eigenvalue weighted by atomic mass is 35.5. The van der Waals surface area contributed by atoms with Gasteiger partial charge in [-0.25, -0.2) is 4.98 Å². The van der Waals surface area contributed by atoms with Crippen LogP contribution in [0.15, 0.2) is 0 Å². The number of rotatable bonds is 3. The third-order valence-electron chi connectivity index (χ3n) is 3.95. The molecule has 1 fully saturated rings. The van der Waals surface area contributed by atoms with Crippen LogP contribution < -0.4 is 10.6 Å². The standard InChI is InChI=1S/C14H17ClN4O4/c1-3-7-4-9(22-6(2)20)13(23-7)19-10(21)5-8-11(15)17-14(16)18-12(8)19/h7,9,13H,3-5H2,1-2H3,(H2,16,17,18)/t7-,9-,13-/m1/s1. The predicted octanol–water partition coefficient (Wildman–Crippen LogP) is 1.06. The lowest BCUT2D eigenvalue weighted by atomic mass is 10.1. The minimum atomic E-state index is -0.733. The summed E-state index contributed by atoms with van der Waals surface area (Å²) in [6.07, 6.45) is -0.0526. The minimum absolute atomic E-state index is 0.0254. The van der Waals surface area contributed by atoms with Crippen LogP contribution in [-0.2, 0) is 25.5 Å². The molecular formula is C14H17ClN4O4. The molecule has 3 rings (SSSR count). The number of hydrogen-bond donors (Lipinski definition) is 1. The van der Waals surface area contributed by atoms with Gasteiger partial charge in [-0.1, -0.05) is 18.5 Å². The van der Waals surface area contributed by atoms with E-state index in [0.29, 0.717) is 17.8 Å². The van der Waals surface area contributed by atoms with Gasteiger partial charge in [-0.2, -0.15) is 4.98 Å². The highest BCUT2D eigenvalue weighted by molar-refractivity contribution is 6.31. The molecule has 1 aromatic heterocycles. The summed E-state index contributed by atoms with van der Waals surface area (Å²) < 4.78 is 11.2. The van der Waals surface area contributed by atoms with Crippen LogP contribution >= 0.6 is 11.6 Å². The lowest BCUT2D eigenvalue weighted by Gasteiger charge is -2.27. The summed E-state index contributed by atoms with van der Waals surface area (Å²) in [7, 11) is 0. The van der Waals surface area contributed by atoms with E-state index >= 15 is 0 Å². The average Bonchev–Trinajstić information content (AvgIpc) is 2.99. The number of amides is 1. The lowest BCUT2D eigenvalue weighted by Crippen LogP contribution is -2.45. The normalized spacial score (nSPS) is 26.5. The second kappa shape index (κ2) is 5.93. The first-order valence-electron chi connectivity index (χ1n) is 7.37. The maximum Gasteiger partial charge on any atom is 0.303 e. The molecule has 0 unspecified atom stereocenters. The summed E-state index contributed by atoms with van der Waals surface area (Å²) in [5, 5.41) is 0.150. The largest absolute Gasteiger partial charge is 0.458 e. The smallest absolute Gasteiger partial charge is 0.303 e.